The molecule has 0 N–H and O–H groups in total. The highest BCUT2D eigenvalue weighted by Crippen LogP contribution is 2.39. The largest absolute Gasteiger partial charge is 0.221 e. The van der Waals surface area contributed by atoms with Crippen molar-refractivity contribution in [3.63, 3.8) is 0 Å². The van der Waals surface area contributed by atoms with Gasteiger partial charge in [0, 0.05) is 46.2 Å². The van der Waals surface area contributed by atoms with Gasteiger partial charge in [-0.3, -0.25) is 0 Å². The Morgan fingerprint density at radius 2 is 0.451 bits per heavy atom. The normalized spacial score (nSPS) is 10.1. The molecule has 0 fully saturated rings. The van der Waals surface area contributed by atoms with Gasteiger partial charge in [-0.25, -0.2) is 18.3 Å². The summed E-state index contributed by atoms with van der Waals surface area (Å²) >= 11 is 0. The fraction of sp³-hybridized carbons (Fsp3) is 0.229. The average molecular weight is 1490 g/mol. The monoisotopic (exact) mass is 1490 g/mol. The van der Waals surface area contributed by atoms with E-state index in [1.807, 2.05) is 111 Å². The molecule has 4 heterocycles. The SMILES string of the molecule is C.CC.CC.CC.CC.CC.CC.CC.CC.Cc1c(-c2c3cc4ccccc4cc3cc[n+]2C)ccc2ccccc12.Cc1c(-c2c3ccc4ccccc4c3cc[n+]2C)ccc2ccccc12.Cc1ccccc1-c1c2c(ccc3ccccc32)cc[n+]1C.Cc1ccccc1-c1c2ccc3ccccc3c2cc[n+]1C. The molecule has 0 bridgehead atoms. The molecule has 0 unspecified atom stereocenters. The van der Waals surface area contributed by atoms with Gasteiger partial charge in [-0.1, -0.05) is 337 Å². The predicted octanol–water partition coefficient (Wildman–Crippen LogP) is 30.3. The van der Waals surface area contributed by atoms with E-state index in [0.29, 0.717) is 0 Å². The van der Waals surface area contributed by atoms with Gasteiger partial charge in [0.2, 0.25) is 22.8 Å². The van der Waals surface area contributed by atoms with Crippen LogP contribution in [0.3, 0.4) is 0 Å². The van der Waals surface area contributed by atoms with Crippen LogP contribution in [-0.2, 0) is 28.2 Å². The minimum atomic E-state index is 0. The van der Waals surface area contributed by atoms with Gasteiger partial charge < -0.3 is 0 Å². The van der Waals surface area contributed by atoms with Crippen molar-refractivity contribution >= 4 is 108 Å². The summed E-state index contributed by atoms with van der Waals surface area (Å²) in [5, 5.41) is 26.0. The molecular weight excluding hydrogens is 1370 g/mol. The third kappa shape index (κ3) is 19.8. The third-order valence-corrected chi connectivity index (χ3v) is 19.8. The molecule has 0 aliphatic heterocycles. The number of pyridine rings is 4. The Bertz CT molecular complexity index is 5980. The summed E-state index contributed by atoms with van der Waals surface area (Å²) in [5.41, 5.74) is 15.6. The Balaban J connectivity index is 0.000000221. The fourth-order valence-electron chi connectivity index (χ4n) is 14.8. The Labute approximate surface area is 679 Å². The first-order valence-corrected chi connectivity index (χ1v) is 41.3. The fourth-order valence-corrected chi connectivity index (χ4v) is 14.8. The van der Waals surface area contributed by atoms with E-state index in [0.717, 1.165) is 0 Å². The number of benzene rings is 14. The van der Waals surface area contributed by atoms with Crippen LogP contribution in [0.1, 0.15) is 140 Å². The molecule has 113 heavy (non-hydrogen) atoms. The molecule has 0 spiro atoms. The Hall–Kier alpha value is -11.7. The highest BCUT2D eigenvalue weighted by molar-refractivity contribution is 6.14. The summed E-state index contributed by atoms with van der Waals surface area (Å²) in [4.78, 5) is 0. The van der Waals surface area contributed by atoms with Crippen LogP contribution in [0, 0.1) is 27.7 Å². The average Bonchev–Trinajstić information content (AvgIpc) is 0.763. The van der Waals surface area contributed by atoms with E-state index >= 15 is 0 Å². The highest BCUT2D eigenvalue weighted by atomic mass is 14.9. The molecule has 0 saturated carbocycles. The lowest BCUT2D eigenvalue weighted by molar-refractivity contribution is -0.659. The zero-order valence-electron chi connectivity index (χ0n) is 71.8. The number of nitrogens with zero attached hydrogens (tertiary/aromatic N) is 4. The number of hydrogen-bond acceptors (Lipinski definition) is 0. The molecular formula is C109H128N4+4. The van der Waals surface area contributed by atoms with E-state index in [4.69, 9.17) is 0 Å². The lowest BCUT2D eigenvalue weighted by Gasteiger charge is -2.11. The molecule has 18 rings (SSSR count). The van der Waals surface area contributed by atoms with Crippen molar-refractivity contribution < 1.29 is 18.3 Å². The van der Waals surface area contributed by atoms with Gasteiger partial charge in [0.25, 0.3) is 0 Å². The summed E-state index contributed by atoms with van der Waals surface area (Å²) in [6, 6.07) is 105. The third-order valence-electron chi connectivity index (χ3n) is 19.8. The maximum absolute atomic E-state index is 2.33. The first-order valence-electron chi connectivity index (χ1n) is 41.3. The van der Waals surface area contributed by atoms with Crippen molar-refractivity contribution in [3.8, 4) is 45.0 Å². The van der Waals surface area contributed by atoms with Crippen molar-refractivity contribution in [2.45, 2.75) is 146 Å². The van der Waals surface area contributed by atoms with Gasteiger partial charge in [-0.2, -0.15) is 0 Å². The van der Waals surface area contributed by atoms with Gasteiger partial charge in [0.1, 0.15) is 28.2 Å². The van der Waals surface area contributed by atoms with E-state index in [9.17, 15) is 0 Å². The second-order valence-corrected chi connectivity index (χ2v) is 25.7. The standard InChI is InChI=1S/2C25H20N.2C21H18N.8C2H6.CH4/c1-17-20-9-5-3-7-18(20)11-13-21(17)25-24-14-12-19-8-4-6-10-22(19)23(24)15-16-26(25)2;1-17-22-10-6-5-7-18(22)11-12-23(17)25-24-16-20-9-4-3-8-19(20)15-21(24)13-14-26(25)2;1-15-7-3-5-9-18(15)21-20-17(13-14-22(21)2)12-11-16-8-4-6-10-19(16)20;1-15-7-3-5-9-17(15)21-20-12-11-16-8-4-6-10-18(16)19(20)13-14-22(21)2;8*1-2;/h2*3-16H,1-2H3;2*3-14H,1-2H3;8*1-2H3;1H4/q4*+1;;;;;;;;;. The molecule has 0 aliphatic rings. The van der Waals surface area contributed by atoms with Crippen LogP contribution in [0.5, 0.6) is 0 Å². The minimum absolute atomic E-state index is 0. The lowest BCUT2D eigenvalue weighted by Crippen LogP contribution is -2.30. The minimum Gasteiger partial charge on any atom is -0.200 e. The molecule has 0 aliphatic carbocycles. The first-order chi connectivity index (χ1) is 55.0. The molecule has 0 saturated heterocycles. The van der Waals surface area contributed by atoms with Crippen molar-refractivity contribution in [2.75, 3.05) is 0 Å². The van der Waals surface area contributed by atoms with Crippen LogP contribution in [0.2, 0.25) is 0 Å². The quantitative estimate of drug-likeness (QED) is 0.0948. The van der Waals surface area contributed by atoms with Gasteiger partial charge >= 0.3 is 0 Å². The second kappa shape index (κ2) is 45.0. The molecule has 580 valence electrons. The Morgan fingerprint density at radius 1 is 0.177 bits per heavy atom. The van der Waals surface area contributed by atoms with E-state index in [1.54, 1.807) is 0 Å². The molecule has 0 radical (unpaired) electrons. The maximum Gasteiger partial charge on any atom is 0.221 e. The summed E-state index contributed by atoms with van der Waals surface area (Å²) in [5.74, 6) is 0. The Kier molecular flexibility index (Phi) is 35.9. The summed E-state index contributed by atoms with van der Waals surface area (Å²) in [6.45, 7) is 40.8. The van der Waals surface area contributed by atoms with E-state index in [2.05, 4.69) is 390 Å². The molecule has 4 aromatic heterocycles. The first kappa shape index (κ1) is 90.2. The van der Waals surface area contributed by atoms with Crippen LogP contribution in [-0.4, -0.2) is 0 Å². The summed E-state index contributed by atoms with van der Waals surface area (Å²) in [7, 11) is 8.52. The van der Waals surface area contributed by atoms with Crippen LogP contribution < -0.4 is 18.3 Å². The number of aryl methyl sites for hydroxylation is 8. The molecule has 4 heteroatoms. The number of aromatic nitrogens is 4. The second-order valence-electron chi connectivity index (χ2n) is 25.7. The topological polar surface area (TPSA) is 15.5 Å². The van der Waals surface area contributed by atoms with Crippen LogP contribution in [0.15, 0.2) is 316 Å². The van der Waals surface area contributed by atoms with Crippen LogP contribution >= 0.6 is 0 Å². The zero-order valence-corrected chi connectivity index (χ0v) is 71.8. The highest BCUT2D eigenvalue weighted by Gasteiger charge is 2.23. The van der Waals surface area contributed by atoms with Crippen molar-refractivity contribution in [2.24, 2.45) is 28.2 Å². The van der Waals surface area contributed by atoms with Gasteiger partial charge in [0.05, 0.1) is 32.7 Å². The maximum atomic E-state index is 2.33. The van der Waals surface area contributed by atoms with Crippen LogP contribution in [0.25, 0.3) is 153 Å². The molecule has 4 nitrogen and oxygen atoms in total. The molecule has 14 aromatic carbocycles. The van der Waals surface area contributed by atoms with E-state index < -0.39 is 0 Å². The van der Waals surface area contributed by atoms with Crippen molar-refractivity contribution in [1.82, 2.24) is 0 Å². The smallest absolute Gasteiger partial charge is 0.200 e. The zero-order chi connectivity index (χ0) is 81.6. The number of fused-ring (bicyclic) bond motifs is 13. The van der Waals surface area contributed by atoms with E-state index in [1.165, 1.54) is 175 Å². The van der Waals surface area contributed by atoms with Crippen LogP contribution in [0.4, 0.5) is 0 Å². The van der Waals surface area contributed by atoms with Gasteiger partial charge in [0.15, 0.2) is 24.8 Å². The van der Waals surface area contributed by atoms with Crippen molar-refractivity contribution in [1.29, 1.82) is 0 Å². The Morgan fingerprint density at radius 3 is 0.876 bits per heavy atom. The van der Waals surface area contributed by atoms with E-state index in [-0.39, 0.29) is 7.43 Å². The number of rotatable bonds is 4. The van der Waals surface area contributed by atoms with Gasteiger partial charge in [-0.15, -0.1) is 0 Å². The van der Waals surface area contributed by atoms with Gasteiger partial charge in [-0.05, 0) is 174 Å². The summed E-state index contributed by atoms with van der Waals surface area (Å²) < 4.78 is 8.94. The van der Waals surface area contributed by atoms with Crippen molar-refractivity contribution in [3.05, 3.63) is 338 Å². The predicted molar refractivity (Wildman–Crippen MR) is 504 cm³/mol. The summed E-state index contributed by atoms with van der Waals surface area (Å²) in [6.07, 6.45) is 8.66. The lowest BCUT2D eigenvalue weighted by atomic mass is 9.93. The number of hydrogen-bond donors (Lipinski definition) is 0. The molecule has 18 aromatic rings. The molecule has 0 atom stereocenters. The molecule has 0 amide bonds.